The normalized spacial score (nSPS) is 20.7. The summed E-state index contributed by atoms with van der Waals surface area (Å²) in [5.41, 5.74) is 2.64. The Morgan fingerprint density at radius 3 is 3.06 bits per heavy atom. The van der Waals surface area contributed by atoms with E-state index in [9.17, 15) is 0 Å². The van der Waals surface area contributed by atoms with Gasteiger partial charge in [-0.1, -0.05) is 24.6 Å². The third-order valence-corrected chi connectivity index (χ3v) is 4.05. The van der Waals surface area contributed by atoms with Gasteiger partial charge in [-0.15, -0.1) is 0 Å². The highest BCUT2D eigenvalue weighted by Crippen LogP contribution is 2.37. The lowest BCUT2D eigenvalue weighted by Gasteiger charge is -2.24. The van der Waals surface area contributed by atoms with Crippen molar-refractivity contribution < 1.29 is 0 Å². The summed E-state index contributed by atoms with van der Waals surface area (Å²) in [6.45, 7) is 2.25. The van der Waals surface area contributed by atoms with Crippen molar-refractivity contribution >= 4 is 33.1 Å². The van der Waals surface area contributed by atoms with E-state index in [1.807, 2.05) is 12.3 Å². The molecular formula is C13H15BrClN. The second-order valence-corrected chi connectivity index (χ2v) is 5.42. The summed E-state index contributed by atoms with van der Waals surface area (Å²) >= 11 is 9.44. The summed E-state index contributed by atoms with van der Waals surface area (Å²) in [7, 11) is 0. The Kier molecular flexibility index (Phi) is 4.04. The van der Waals surface area contributed by atoms with Crippen molar-refractivity contribution in [2.75, 3.05) is 0 Å². The average Bonchev–Trinajstić information content (AvgIpc) is 2.29. The van der Waals surface area contributed by atoms with E-state index in [2.05, 4.69) is 33.9 Å². The lowest BCUT2D eigenvalue weighted by Crippen LogP contribution is -2.07. The van der Waals surface area contributed by atoms with Crippen molar-refractivity contribution in [1.82, 2.24) is 4.98 Å². The van der Waals surface area contributed by atoms with Crippen molar-refractivity contribution in [1.29, 1.82) is 0 Å². The van der Waals surface area contributed by atoms with Crippen LogP contribution in [0.1, 0.15) is 38.2 Å². The van der Waals surface area contributed by atoms with Crippen LogP contribution in [-0.4, -0.2) is 4.98 Å². The van der Waals surface area contributed by atoms with Crippen molar-refractivity contribution in [2.24, 2.45) is 5.92 Å². The number of nitrogens with zero attached hydrogens (tertiary/aromatic N) is 1. The van der Waals surface area contributed by atoms with Crippen LogP contribution in [0.2, 0.25) is 5.15 Å². The van der Waals surface area contributed by atoms with Gasteiger partial charge in [0.2, 0.25) is 0 Å². The molecule has 2 rings (SSSR count). The van der Waals surface area contributed by atoms with Crippen LogP contribution in [0.5, 0.6) is 0 Å². The first-order valence-corrected chi connectivity index (χ1v) is 6.91. The molecule has 0 spiro atoms. The molecule has 0 aliphatic heterocycles. The van der Waals surface area contributed by atoms with Crippen LogP contribution in [0.15, 0.2) is 22.8 Å². The third kappa shape index (κ3) is 2.49. The molecule has 1 unspecified atom stereocenters. The lowest BCUT2D eigenvalue weighted by molar-refractivity contribution is 0.543. The van der Waals surface area contributed by atoms with Gasteiger partial charge in [0.25, 0.3) is 0 Å². The van der Waals surface area contributed by atoms with Crippen molar-refractivity contribution in [3.8, 4) is 0 Å². The highest BCUT2D eigenvalue weighted by atomic mass is 79.9. The van der Waals surface area contributed by atoms with Gasteiger partial charge < -0.3 is 0 Å². The Hall–Kier alpha value is -0.340. The summed E-state index contributed by atoms with van der Waals surface area (Å²) in [5.74, 6) is 0.674. The molecule has 0 fully saturated rings. The minimum Gasteiger partial charge on any atom is -0.244 e. The number of allylic oxidation sites excluding steroid dienone is 2. The lowest BCUT2D eigenvalue weighted by atomic mass is 9.83. The van der Waals surface area contributed by atoms with Gasteiger partial charge >= 0.3 is 0 Å². The zero-order valence-electron chi connectivity index (χ0n) is 9.34. The summed E-state index contributed by atoms with van der Waals surface area (Å²) in [5, 5.41) is 0.542. The number of aromatic nitrogens is 1. The van der Waals surface area contributed by atoms with E-state index in [1.165, 1.54) is 36.8 Å². The molecule has 3 heteroatoms. The number of rotatable bonds is 2. The van der Waals surface area contributed by atoms with Crippen molar-refractivity contribution in [3.63, 3.8) is 0 Å². The second kappa shape index (κ2) is 5.33. The number of hydrogen-bond donors (Lipinski definition) is 0. The predicted octanol–water partition coefficient (Wildman–Crippen LogP) is 5.09. The molecular weight excluding hydrogens is 286 g/mol. The molecule has 1 aliphatic rings. The third-order valence-electron chi connectivity index (χ3n) is 3.18. The molecule has 1 atom stereocenters. The number of hydrogen-bond acceptors (Lipinski definition) is 1. The van der Waals surface area contributed by atoms with Gasteiger partial charge in [-0.05, 0) is 59.2 Å². The highest BCUT2D eigenvalue weighted by molar-refractivity contribution is 9.10. The van der Waals surface area contributed by atoms with Gasteiger partial charge in [0, 0.05) is 16.2 Å². The summed E-state index contributed by atoms with van der Waals surface area (Å²) in [6.07, 6.45) is 9.21. The number of pyridine rings is 1. The Morgan fingerprint density at radius 1 is 1.56 bits per heavy atom. The molecule has 0 N–H and O–H groups in total. The molecule has 0 aromatic carbocycles. The molecule has 1 aliphatic carbocycles. The van der Waals surface area contributed by atoms with Crippen LogP contribution in [0.4, 0.5) is 0 Å². The number of halogens is 2. The molecule has 1 aromatic heterocycles. The minimum atomic E-state index is 0.542. The van der Waals surface area contributed by atoms with Gasteiger partial charge in [-0.3, -0.25) is 0 Å². The van der Waals surface area contributed by atoms with Gasteiger partial charge in [0.05, 0.1) is 0 Å². The molecule has 86 valence electrons. The van der Waals surface area contributed by atoms with E-state index < -0.39 is 0 Å². The van der Waals surface area contributed by atoms with Crippen LogP contribution in [0.3, 0.4) is 0 Å². The maximum atomic E-state index is 5.87. The van der Waals surface area contributed by atoms with E-state index in [0.717, 1.165) is 4.47 Å². The Morgan fingerprint density at radius 2 is 2.38 bits per heavy atom. The maximum Gasteiger partial charge on any atom is 0.130 e. The SMILES string of the molecule is CCC1CCCC=C1c1cnc(Cl)cc1Br. The quantitative estimate of drug-likeness (QED) is 0.693. The first-order valence-electron chi connectivity index (χ1n) is 5.73. The van der Waals surface area contributed by atoms with Gasteiger partial charge in [0.1, 0.15) is 5.15 Å². The van der Waals surface area contributed by atoms with E-state index in [1.54, 1.807) is 0 Å². The molecule has 1 nitrogen and oxygen atoms in total. The van der Waals surface area contributed by atoms with E-state index in [0.29, 0.717) is 11.1 Å². The van der Waals surface area contributed by atoms with E-state index in [-0.39, 0.29) is 0 Å². The molecule has 0 radical (unpaired) electrons. The van der Waals surface area contributed by atoms with Crippen LogP contribution in [0.25, 0.3) is 5.57 Å². The van der Waals surface area contributed by atoms with Gasteiger partial charge in [-0.2, -0.15) is 0 Å². The van der Waals surface area contributed by atoms with E-state index >= 15 is 0 Å². The molecule has 0 saturated heterocycles. The molecule has 0 saturated carbocycles. The fourth-order valence-electron chi connectivity index (χ4n) is 2.32. The standard InChI is InChI=1S/C13H15BrClN/c1-2-9-5-3-4-6-10(9)11-8-16-13(15)7-12(11)14/h6-9H,2-5H2,1H3. The first-order chi connectivity index (χ1) is 7.72. The zero-order valence-corrected chi connectivity index (χ0v) is 11.7. The van der Waals surface area contributed by atoms with Gasteiger partial charge in [-0.25, -0.2) is 4.98 Å². The van der Waals surface area contributed by atoms with Gasteiger partial charge in [0.15, 0.2) is 0 Å². The molecule has 0 bridgehead atoms. The molecule has 16 heavy (non-hydrogen) atoms. The Balaban J connectivity index is 2.38. The van der Waals surface area contributed by atoms with Crippen molar-refractivity contribution in [3.05, 3.63) is 33.5 Å². The summed E-state index contributed by atoms with van der Waals surface area (Å²) < 4.78 is 1.05. The minimum absolute atomic E-state index is 0.542. The summed E-state index contributed by atoms with van der Waals surface area (Å²) in [6, 6.07) is 1.87. The molecule has 1 heterocycles. The van der Waals surface area contributed by atoms with Crippen LogP contribution in [0, 0.1) is 5.92 Å². The van der Waals surface area contributed by atoms with Crippen LogP contribution < -0.4 is 0 Å². The summed E-state index contributed by atoms with van der Waals surface area (Å²) in [4.78, 5) is 4.18. The molecule has 1 aromatic rings. The molecule has 0 amide bonds. The smallest absolute Gasteiger partial charge is 0.130 e. The Labute approximate surface area is 110 Å². The fraction of sp³-hybridized carbons (Fsp3) is 0.462. The topological polar surface area (TPSA) is 12.9 Å². The Bertz CT molecular complexity index is 414. The van der Waals surface area contributed by atoms with E-state index in [4.69, 9.17) is 11.6 Å². The monoisotopic (exact) mass is 299 g/mol. The highest BCUT2D eigenvalue weighted by Gasteiger charge is 2.19. The largest absolute Gasteiger partial charge is 0.244 e. The first kappa shape index (κ1) is 12.1. The average molecular weight is 301 g/mol. The van der Waals surface area contributed by atoms with Crippen LogP contribution in [-0.2, 0) is 0 Å². The second-order valence-electron chi connectivity index (χ2n) is 4.18. The maximum absolute atomic E-state index is 5.87. The van der Waals surface area contributed by atoms with Crippen molar-refractivity contribution in [2.45, 2.75) is 32.6 Å². The zero-order chi connectivity index (χ0) is 11.5. The van der Waals surface area contributed by atoms with Crippen LogP contribution >= 0.6 is 27.5 Å². The fourth-order valence-corrected chi connectivity index (χ4v) is 3.16. The predicted molar refractivity (Wildman–Crippen MR) is 72.6 cm³/mol.